The maximum absolute atomic E-state index is 6.29. The van der Waals surface area contributed by atoms with Crippen molar-refractivity contribution in [2.24, 2.45) is 5.92 Å². The van der Waals surface area contributed by atoms with E-state index in [4.69, 9.17) is 4.84 Å². The van der Waals surface area contributed by atoms with Crippen LogP contribution >= 0.6 is 0 Å². The van der Waals surface area contributed by atoms with Gasteiger partial charge in [0, 0.05) is 5.56 Å². The van der Waals surface area contributed by atoms with E-state index in [9.17, 15) is 0 Å². The van der Waals surface area contributed by atoms with Gasteiger partial charge in [-0.1, -0.05) is 67.5 Å². The smallest absolute Gasteiger partial charge is 0.0777 e. The summed E-state index contributed by atoms with van der Waals surface area (Å²) in [6, 6.07) is 17.1. The molecule has 2 aromatic carbocycles. The second kappa shape index (κ2) is 6.59. The van der Waals surface area contributed by atoms with Crippen LogP contribution in [0.1, 0.15) is 42.4 Å². The lowest BCUT2D eigenvalue weighted by molar-refractivity contribution is 0.0751. The van der Waals surface area contributed by atoms with E-state index in [1.54, 1.807) is 0 Å². The summed E-state index contributed by atoms with van der Waals surface area (Å²) >= 11 is 0. The van der Waals surface area contributed by atoms with Crippen LogP contribution in [0.15, 0.2) is 48.5 Å². The zero-order valence-corrected chi connectivity index (χ0v) is 13.4. The van der Waals surface area contributed by atoms with Gasteiger partial charge in [-0.25, -0.2) is 5.06 Å². The molecule has 1 heterocycles. The van der Waals surface area contributed by atoms with Gasteiger partial charge in [-0.15, -0.1) is 0 Å². The Balaban J connectivity index is 1.64. The SMILES string of the molecule is C1=C\c2ccccc2N(OCC2CCCC2)Cc2ccccc2/1. The number of anilines is 1. The lowest BCUT2D eigenvalue weighted by Gasteiger charge is -2.28. The summed E-state index contributed by atoms with van der Waals surface area (Å²) < 4.78 is 0. The summed E-state index contributed by atoms with van der Waals surface area (Å²) in [6.07, 6.45) is 9.74. The summed E-state index contributed by atoms with van der Waals surface area (Å²) in [5, 5.41) is 2.09. The van der Waals surface area contributed by atoms with Gasteiger partial charge in [0.15, 0.2) is 0 Å². The van der Waals surface area contributed by atoms with Gasteiger partial charge in [-0.3, -0.25) is 4.84 Å². The van der Waals surface area contributed by atoms with Crippen molar-refractivity contribution in [1.82, 2.24) is 0 Å². The normalized spacial score (nSPS) is 18.9. The lowest BCUT2D eigenvalue weighted by atomic mass is 10.0. The predicted octanol–water partition coefficient (Wildman–Crippen LogP) is 5.30. The fraction of sp³-hybridized carbons (Fsp3) is 0.333. The molecule has 2 heteroatoms. The standard InChI is InChI=1S/C21H23NO/c1-2-8-17(7-1)16-23-22-15-20-11-4-3-9-18(20)13-14-19-10-5-6-12-21(19)22/h3-6,9-14,17H,1-2,7-8,15-16H2/b14-13-. The van der Waals surface area contributed by atoms with E-state index in [1.807, 2.05) is 0 Å². The van der Waals surface area contributed by atoms with E-state index in [0.717, 1.165) is 24.8 Å². The third kappa shape index (κ3) is 3.18. The van der Waals surface area contributed by atoms with Crippen molar-refractivity contribution in [2.75, 3.05) is 11.7 Å². The zero-order chi connectivity index (χ0) is 15.5. The Bertz CT molecular complexity index is 700. The third-order valence-electron chi connectivity index (χ3n) is 4.96. The van der Waals surface area contributed by atoms with Gasteiger partial charge in [-0.05, 0) is 36.0 Å². The van der Waals surface area contributed by atoms with E-state index in [1.165, 1.54) is 42.4 Å². The van der Waals surface area contributed by atoms with Crippen LogP contribution in [-0.2, 0) is 11.4 Å². The second-order valence-electron chi connectivity index (χ2n) is 6.57. The predicted molar refractivity (Wildman–Crippen MR) is 95.9 cm³/mol. The Labute approximate surface area is 138 Å². The average Bonchev–Trinajstić information content (AvgIpc) is 3.09. The van der Waals surface area contributed by atoms with Crippen LogP contribution in [0.5, 0.6) is 0 Å². The van der Waals surface area contributed by atoms with Gasteiger partial charge in [0.05, 0.1) is 18.8 Å². The molecule has 0 saturated heterocycles. The van der Waals surface area contributed by atoms with Gasteiger partial charge in [0.2, 0.25) is 0 Å². The van der Waals surface area contributed by atoms with Crippen molar-refractivity contribution < 1.29 is 4.84 Å². The first-order chi connectivity index (χ1) is 11.4. The topological polar surface area (TPSA) is 12.5 Å². The maximum atomic E-state index is 6.29. The van der Waals surface area contributed by atoms with Crippen LogP contribution in [0.25, 0.3) is 12.2 Å². The highest BCUT2D eigenvalue weighted by molar-refractivity contribution is 5.79. The van der Waals surface area contributed by atoms with Gasteiger partial charge in [0.25, 0.3) is 0 Å². The Kier molecular flexibility index (Phi) is 4.16. The first-order valence-corrected chi connectivity index (χ1v) is 8.65. The fourth-order valence-corrected chi connectivity index (χ4v) is 3.60. The Morgan fingerprint density at radius 2 is 1.57 bits per heavy atom. The van der Waals surface area contributed by atoms with Gasteiger partial charge < -0.3 is 0 Å². The minimum Gasteiger partial charge on any atom is -0.273 e. The van der Waals surface area contributed by atoms with Crippen LogP contribution in [0, 0.1) is 5.92 Å². The molecule has 2 aliphatic rings. The molecule has 0 atom stereocenters. The molecular formula is C21H23NO. The fourth-order valence-electron chi connectivity index (χ4n) is 3.60. The molecule has 4 rings (SSSR count). The highest BCUT2D eigenvalue weighted by atomic mass is 16.7. The molecule has 0 N–H and O–H groups in total. The van der Waals surface area contributed by atoms with Crippen LogP contribution < -0.4 is 5.06 Å². The number of benzene rings is 2. The van der Waals surface area contributed by atoms with E-state index in [0.29, 0.717) is 0 Å². The molecule has 1 aliphatic carbocycles. The first kappa shape index (κ1) is 14.5. The van der Waals surface area contributed by atoms with Crippen LogP contribution in [0.4, 0.5) is 5.69 Å². The van der Waals surface area contributed by atoms with E-state index >= 15 is 0 Å². The molecule has 2 aromatic rings. The van der Waals surface area contributed by atoms with E-state index < -0.39 is 0 Å². The number of rotatable bonds is 3. The molecule has 0 bridgehead atoms. The minimum absolute atomic E-state index is 0.721. The molecular weight excluding hydrogens is 282 g/mol. The van der Waals surface area contributed by atoms with Crippen molar-refractivity contribution in [3.05, 3.63) is 65.2 Å². The molecule has 0 spiro atoms. The summed E-state index contributed by atoms with van der Waals surface area (Å²) in [5.74, 6) is 0.721. The van der Waals surface area contributed by atoms with Crippen molar-refractivity contribution >= 4 is 17.8 Å². The van der Waals surface area contributed by atoms with E-state index in [2.05, 4.69) is 65.7 Å². The number of para-hydroxylation sites is 1. The largest absolute Gasteiger partial charge is 0.273 e. The summed E-state index contributed by atoms with van der Waals surface area (Å²) in [7, 11) is 0. The number of nitrogens with zero attached hydrogens (tertiary/aromatic N) is 1. The summed E-state index contributed by atoms with van der Waals surface area (Å²) in [5.41, 5.74) is 4.96. The molecule has 1 fully saturated rings. The van der Waals surface area contributed by atoms with Crippen LogP contribution in [-0.4, -0.2) is 6.61 Å². The minimum atomic E-state index is 0.721. The van der Waals surface area contributed by atoms with E-state index in [-0.39, 0.29) is 0 Å². The highest BCUT2D eigenvalue weighted by Gasteiger charge is 2.20. The molecule has 1 saturated carbocycles. The second-order valence-corrected chi connectivity index (χ2v) is 6.57. The third-order valence-corrected chi connectivity index (χ3v) is 4.96. The Hall–Kier alpha value is -2.06. The maximum Gasteiger partial charge on any atom is 0.0777 e. The molecule has 0 aromatic heterocycles. The van der Waals surface area contributed by atoms with Gasteiger partial charge in [0.1, 0.15) is 0 Å². The Morgan fingerprint density at radius 1 is 0.870 bits per heavy atom. The molecule has 2 nitrogen and oxygen atoms in total. The van der Waals surface area contributed by atoms with Crippen molar-refractivity contribution in [2.45, 2.75) is 32.2 Å². The average molecular weight is 305 g/mol. The molecule has 0 unspecified atom stereocenters. The molecule has 23 heavy (non-hydrogen) atoms. The number of hydrogen-bond acceptors (Lipinski definition) is 2. The zero-order valence-electron chi connectivity index (χ0n) is 13.4. The van der Waals surface area contributed by atoms with Crippen LogP contribution in [0.2, 0.25) is 0 Å². The molecule has 0 amide bonds. The monoisotopic (exact) mass is 305 g/mol. The summed E-state index contributed by atoms with van der Waals surface area (Å²) in [6.45, 7) is 1.63. The lowest BCUT2D eigenvalue weighted by Crippen LogP contribution is -2.27. The molecule has 118 valence electrons. The molecule has 0 radical (unpaired) electrons. The van der Waals surface area contributed by atoms with Crippen molar-refractivity contribution in [3.63, 3.8) is 0 Å². The van der Waals surface area contributed by atoms with Crippen molar-refractivity contribution in [1.29, 1.82) is 0 Å². The highest BCUT2D eigenvalue weighted by Crippen LogP contribution is 2.30. The number of hydrogen-bond donors (Lipinski definition) is 0. The Morgan fingerprint density at radius 3 is 2.43 bits per heavy atom. The summed E-state index contributed by atoms with van der Waals surface area (Å²) in [4.78, 5) is 6.29. The number of fused-ring (bicyclic) bond motifs is 2. The molecule has 1 aliphatic heterocycles. The van der Waals surface area contributed by atoms with Gasteiger partial charge in [-0.2, -0.15) is 0 Å². The number of hydroxylamine groups is 1. The van der Waals surface area contributed by atoms with Crippen molar-refractivity contribution in [3.8, 4) is 0 Å². The first-order valence-electron chi connectivity index (χ1n) is 8.65. The quantitative estimate of drug-likeness (QED) is 0.763. The van der Waals surface area contributed by atoms with Gasteiger partial charge >= 0.3 is 0 Å². The van der Waals surface area contributed by atoms with Crippen LogP contribution in [0.3, 0.4) is 0 Å².